The standard InChI is InChI=1S/C15H21NO2/c1-11-4-3-5-13(8-11)9-15(18)16-7-6-12(2)14(16)10-17/h3-5,8,12,14,17H,6-7,9-10H2,1-2H3. The molecule has 0 aliphatic carbocycles. The molecule has 3 heteroatoms. The van der Waals surface area contributed by atoms with E-state index in [4.69, 9.17) is 0 Å². The monoisotopic (exact) mass is 247 g/mol. The first-order chi connectivity index (χ1) is 8.61. The Morgan fingerprint density at radius 1 is 1.50 bits per heavy atom. The smallest absolute Gasteiger partial charge is 0.227 e. The van der Waals surface area contributed by atoms with Crippen LogP contribution in [0, 0.1) is 12.8 Å². The molecule has 1 aromatic carbocycles. The summed E-state index contributed by atoms with van der Waals surface area (Å²) in [4.78, 5) is 14.1. The van der Waals surface area contributed by atoms with E-state index in [1.54, 1.807) is 0 Å². The van der Waals surface area contributed by atoms with Crippen molar-refractivity contribution < 1.29 is 9.90 Å². The van der Waals surface area contributed by atoms with Gasteiger partial charge in [0.2, 0.25) is 5.91 Å². The van der Waals surface area contributed by atoms with Crippen LogP contribution in [0.4, 0.5) is 0 Å². The molecule has 1 aromatic rings. The van der Waals surface area contributed by atoms with E-state index < -0.39 is 0 Å². The summed E-state index contributed by atoms with van der Waals surface area (Å²) in [6, 6.07) is 8.04. The number of aliphatic hydroxyl groups is 1. The molecule has 3 nitrogen and oxygen atoms in total. The number of benzene rings is 1. The summed E-state index contributed by atoms with van der Waals surface area (Å²) in [5.41, 5.74) is 2.23. The molecule has 1 aliphatic rings. The summed E-state index contributed by atoms with van der Waals surface area (Å²) in [5.74, 6) is 0.528. The molecule has 2 atom stereocenters. The van der Waals surface area contributed by atoms with Gasteiger partial charge in [0.25, 0.3) is 0 Å². The second kappa shape index (κ2) is 5.53. The highest BCUT2D eigenvalue weighted by Crippen LogP contribution is 2.24. The molecule has 0 radical (unpaired) electrons. The Hall–Kier alpha value is -1.35. The van der Waals surface area contributed by atoms with Crippen LogP contribution in [0.5, 0.6) is 0 Å². The van der Waals surface area contributed by atoms with Crippen molar-refractivity contribution >= 4 is 5.91 Å². The molecule has 2 unspecified atom stereocenters. The SMILES string of the molecule is Cc1cccc(CC(=O)N2CCC(C)C2CO)c1. The normalized spacial score (nSPS) is 23.4. The van der Waals surface area contributed by atoms with Gasteiger partial charge in [-0.25, -0.2) is 0 Å². The van der Waals surface area contributed by atoms with E-state index in [0.29, 0.717) is 12.3 Å². The first-order valence-electron chi connectivity index (χ1n) is 6.57. The van der Waals surface area contributed by atoms with Crippen LogP contribution < -0.4 is 0 Å². The zero-order chi connectivity index (χ0) is 13.1. The third-order valence-corrected chi connectivity index (χ3v) is 3.83. The molecule has 0 spiro atoms. The fraction of sp³-hybridized carbons (Fsp3) is 0.533. The van der Waals surface area contributed by atoms with Gasteiger partial charge >= 0.3 is 0 Å². The van der Waals surface area contributed by atoms with Crippen molar-refractivity contribution in [2.75, 3.05) is 13.2 Å². The molecular weight excluding hydrogens is 226 g/mol. The maximum atomic E-state index is 12.3. The number of carbonyl (C=O) groups excluding carboxylic acids is 1. The van der Waals surface area contributed by atoms with Gasteiger partial charge in [-0.3, -0.25) is 4.79 Å². The summed E-state index contributed by atoms with van der Waals surface area (Å²) in [7, 11) is 0. The van der Waals surface area contributed by atoms with E-state index >= 15 is 0 Å². The predicted octanol–water partition coefficient (Wildman–Crippen LogP) is 1.77. The largest absolute Gasteiger partial charge is 0.394 e. The number of hydrogen-bond donors (Lipinski definition) is 1. The third kappa shape index (κ3) is 2.72. The molecule has 1 aliphatic heterocycles. The van der Waals surface area contributed by atoms with E-state index in [2.05, 4.69) is 6.92 Å². The number of amides is 1. The first kappa shape index (κ1) is 13.1. The topological polar surface area (TPSA) is 40.5 Å². The Morgan fingerprint density at radius 2 is 2.28 bits per heavy atom. The lowest BCUT2D eigenvalue weighted by atomic mass is 10.0. The van der Waals surface area contributed by atoms with Crippen molar-refractivity contribution in [3.05, 3.63) is 35.4 Å². The lowest BCUT2D eigenvalue weighted by molar-refractivity contribution is -0.132. The number of carbonyl (C=O) groups is 1. The predicted molar refractivity (Wildman–Crippen MR) is 71.3 cm³/mol. The lowest BCUT2D eigenvalue weighted by Gasteiger charge is -2.25. The molecule has 18 heavy (non-hydrogen) atoms. The molecule has 0 bridgehead atoms. The maximum absolute atomic E-state index is 12.3. The summed E-state index contributed by atoms with van der Waals surface area (Å²) in [6.07, 6.45) is 1.43. The van der Waals surface area contributed by atoms with Gasteiger partial charge in [-0.15, -0.1) is 0 Å². The lowest BCUT2D eigenvalue weighted by Crippen LogP contribution is -2.40. The van der Waals surface area contributed by atoms with E-state index in [-0.39, 0.29) is 18.6 Å². The average molecular weight is 247 g/mol. The molecule has 1 amide bonds. The van der Waals surface area contributed by atoms with E-state index in [1.807, 2.05) is 36.1 Å². The van der Waals surface area contributed by atoms with Crippen molar-refractivity contribution in [2.24, 2.45) is 5.92 Å². The Morgan fingerprint density at radius 3 is 2.94 bits per heavy atom. The van der Waals surface area contributed by atoms with Gasteiger partial charge < -0.3 is 10.0 Å². The number of likely N-dealkylation sites (tertiary alicyclic amines) is 1. The van der Waals surface area contributed by atoms with E-state index in [0.717, 1.165) is 18.5 Å². The van der Waals surface area contributed by atoms with Gasteiger partial charge in [-0.05, 0) is 24.8 Å². The van der Waals surface area contributed by atoms with Gasteiger partial charge in [0.15, 0.2) is 0 Å². The number of aliphatic hydroxyl groups excluding tert-OH is 1. The zero-order valence-corrected chi connectivity index (χ0v) is 11.1. The first-order valence-corrected chi connectivity index (χ1v) is 6.57. The molecule has 0 aromatic heterocycles. The maximum Gasteiger partial charge on any atom is 0.227 e. The average Bonchev–Trinajstić information content (AvgIpc) is 2.70. The summed E-state index contributed by atoms with van der Waals surface area (Å²) in [6.45, 7) is 4.97. The third-order valence-electron chi connectivity index (χ3n) is 3.83. The van der Waals surface area contributed by atoms with Gasteiger partial charge in [-0.2, -0.15) is 0 Å². The van der Waals surface area contributed by atoms with Crippen LogP contribution in [0.3, 0.4) is 0 Å². The minimum Gasteiger partial charge on any atom is -0.394 e. The fourth-order valence-corrected chi connectivity index (χ4v) is 2.69. The molecule has 98 valence electrons. The van der Waals surface area contributed by atoms with Crippen LogP contribution >= 0.6 is 0 Å². The van der Waals surface area contributed by atoms with Crippen LogP contribution in [0.15, 0.2) is 24.3 Å². The van der Waals surface area contributed by atoms with Gasteiger partial charge in [0.1, 0.15) is 0 Å². The van der Waals surface area contributed by atoms with Crippen LogP contribution in [-0.4, -0.2) is 35.1 Å². The molecule has 1 heterocycles. The summed E-state index contributed by atoms with van der Waals surface area (Å²) >= 11 is 0. The van der Waals surface area contributed by atoms with Crippen molar-refractivity contribution in [1.29, 1.82) is 0 Å². The second-order valence-corrected chi connectivity index (χ2v) is 5.27. The Labute approximate surface area is 108 Å². The Kier molecular flexibility index (Phi) is 4.02. The van der Waals surface area contributed by atoms with Crippen LogP contribution in [0.1, 0.15) is 24.5 Å². The molecule has 1 fully saturated rings. The van der Waals surface area contributed by atoms with Crippen molar-refractivity contribution in [3.63, 3.8) is 0 Å². The molecule has 0 saturated carbocycles. The summed E-state index contributed by atoms with van der Waals surface area (Å²) < 4.78 is 0. The van der Waals surface area contributed by atoms with Gasteiger partial charge in [-0.1, -0.05) is 36.8 Å². The summed E-state index contributed by atoms with van der Waals surface area (Å²) in [5, 5.41) is 9.37. The quantitative estimate of drug-likeness (QED) is 0.884. The number of hydrogen-bond acceptors (Lipinski definition) is 2. The molecular formula is C15H21NO2. The van der Waals surface area contributed by atoms with Crippen LogP contribution in [-0.2, 0) is 11.2 Å². The highest BCUT2D eigenvalue weighted by molar-refractivity contribution is 5.79. The van der Waals surface area contributed by atoms with Gasteiger partial charge in [0, 0.05) is 6.54 Å². The second-order valence-electron chi connectivity index (χ2n) is 5.27. The van der Waals surface area contributed by atoms with E-state index in [1.165, 1.54) is 5.56 Å². The van der Waals surface area contributed by atoms with Gasteiger partial charge in [0.05, 0.1) is 19.1 Å². The van der Waals surface area contributed by atoms with E-state index in [9.17, 15) is 9.90 Å². The zero-order valence-electron chi connectivity index (χ0n) is 11.1. The number of nitrogens with zero attached hydrogens (tertiary/aromatic N) is 1. The minimum atomic E-state index is 0.00214. The number of rotatable bonds is 3. The van der Waals surface area contributed by atoms with Crippen molar-refractivity contribution in [3.8, 4) is 0 Å². The molecule has 1 N–H and O–H groups in total. The molecule has 2 rings (SSSR count). The fourth-order valence-electron chi connectivity index (χ4n) is 2.69. The minimum absolute atomic E-state index is 0.00214. The Bertz CT molecular complexity index is 430. The highest BCUT2D eigenvalue weighted by Gasteiger charge is 2.33. The molecule has 1 saturated heterocycles. The number of aryl methyl sites for hydroxylation is 1. The van der Waals surface area contributed by atoms with Crippen LogP contribution in [0.25, 0.3) is 0 Å². The van der Waals surface area contributed by atoms with Crippen molar-refractivity contribution in [2.45, 2.75) is 32.7 Å². The highest BCUT2D eigenvalue weighted by atomic mass is 16.3. The Balaban J connectivity index is 2.04. The van der Waals surface area contributed by atoms with Crippen molar-refractivity contribution in [1.82, 2.24) is 4.90 Å². The van der Waals surface area contributed by atoms with Crippen LogP contribution in [0.2, 0.25) is 0 Å².